The normalized spacial score (nSPS) is 10.7. The summed E-state index contributed by atoms with van der Waals surface area (Å²) in [6, 6.07) is 12.1. The van der Waals surface area contributed by atoms with Gasteiger partial charge in [0.05, 0.1) is 0 Å². The van der Waals surface area contributed by atoms with Crippen LogP contribution in [0.25, 0.3) is 11.1 Å². The van der Waals surface area contributed by atoms with E-state index < -0.39 is 0 Å². The zero-order chi connectivity index (χ0) is 14.1. The van der Waals surface area contributed by atoms with E-state index >= 15 is 0 Å². The topological polar surface area (TPSA) is 55.1 Å². The molecular formula is C15H11ClN2O2. The molecule has 3 aromatic rings. The summed E-state index contributed by atoms with van der Waals surface area (Å²) in [5, 5.41) is 3.41. The van der Waals surface area contributed by atoms with E-state index in [4.69, 9.17) is 16.0 Å². The van der Waals surface area contributed by atoms with Crippen molar-refractivity contribution in [1.29, 1.82) is 0 Å². The molecule has 1 amide bonds. The van der Waals surface area contributed by atoms with E-state index in [0.717, 1.165) is 5.52 Å². The van der Waals surface area contributed by atoms with Crippen molar-refractivity contribution in [3.05, 3.63) is 58.9 Å². The van der Waals surface area contributed by atoms with E-state index in [9.17, 15) is 4.79 Å². The lowest BCUT2D eigenvalue weighted by Gasteiger charge is -2.05. The standard InChI is InChI=1S/C15H11ClN2O2/c1-9-17-13-8-12(6-7-14(13)20-9)18-15(19)10-2-4-11(16)5-3-10/h2-8H,1H3,(H,18,19). The van der Waals surface area contributed by atoms with Crippen molar-refractivity contribution < 1.29 is 9.21 Å². The lowest BCUT2D eigenvalue weighted by molar-refractivity contribution is 0.102. The number of carbonyl (C=O) groups excluding carboxylic acids is 1. The van der Waals surface area contributed by atoms with Gasteiger partial charge in [0.2, 0.25) is 0 Å². The van der Waals surface area contributed by atoms with Crippen LogP contribution < -0.4 is 5.32 Å². The number of nitrogens with zero attached hydrogens (tertiary/aromatic N) is 1. The molecule has 3 rings (SSSR count). The summed E-state index contributed by atoms with van der Waals surface area (Å²) in [5.74, 6) is 0.405. The molecule has 0 spiro atoms. The number of oxazole rings is 1. The molecule has 0 fully saturated rings. The van der Waals surface area contributed by atoms with Crippen molar-refractivity contribution in [1.82, 2.24) is 4.98 Å². The Morgan fingerprint density at radius 3 is 2.70 bits per heavy atom. The number of halogens is 1. The molecule has 0 saturated carbocycles. The number of hydrogen-bond acceptors (Lipinski definition) is 3. The highest BCUT2D eigenvalue weighted by Gasteiger charge is 2.08. The van der Waals surface area contributed by atoms with Crippen LogP contribution in [-0.4, -0.2) is 10.9 Å². The fraction of sp³-hybridized carbons (Fsp3) is 0.0667. The minimum atomic E-state index is -0.193. The van der Waals surface area contributed by atoms with Crippen LogP contribution in [0.3, 0.4) is 0 Å². The van der Waals surface area contributed by atoms with Crippen LogP contribution in [0.15, 0.2) is 46.9 Å². The summed E-state index contributed by atoms with van der Waals surface area (Å²) in [5.41, 5.74) is 2.64. The molecule has 1 aromatic heterocycles. The maximum atomic E-state index is 12.1. The molecule has 4 nitrogen and oxygen atoms in total. The van der Waals surface area contributed by atoms with Gasteiger partial charge in [-0.25, -0.2) is 4.98 Å². The van der Waals surface area contributed by atoms with E-state index in [0.29, 0.717) is 27.7 Å². The van der Waals surface area contributed by atoms with E-state index in [1.165, 1.54) is 0 Å². The number of fused-ring (bicyclic) bond motifs is 1. The van der Waals surface area contributed by atoms with E-state index in [-0.39, 0.29) is 5.91 Å². The monoisotopic (exact) mass is 286 g/mol. The van der Waals surface area contributed by atoms with Crippen LogP contribution in [0.1, 0.15) is 16.2 Å². The number of aryl methyl sites for hydroxylation is 1. The molecular weight excluding hydrogens is 276 g/mol. The van der Waals surface area contributed by atoms with Crippen molar-refractivity contribution in [2.24, 2.45) is 0 Å². The molecule has 0 unspecified atom stereocenters. The predicted molar refractivity (Wildman–Crippen MR) is 78.2 cm³/mol. The van der Waals surface area contributed by atoms with Crippen LogP contribution in [0, 0.1) is 6.92 Å². The quantitative estimate of drug-likeness (QED) is 0.773. The summed E-state index contributed by atoms with van der Waals surface area (Å²) in [6.45, 7) is 1.78. The maximum absolute atomic E-state index is 12.1. The van der Waals surface area contributed by atoms with Crippen molar-refractivity contribution in [3.8, 4) is 0 Å². The van der Waals surface area contributed by atoms with Crippen LogP contribution in [0.5, 0.6) is 0 Å². The SMILES string of the molecule is Cc1nc2cc(NC(=O)c3ccc(Cl)cc3)ccc2o1. The molecule has 0 saturated heterocycles. The van der Waals surface area contributed by atoms with Crippen molar-refractivity contribution in [3.63, 3.8) is 0 Å². The molecule has 5 heteroatoms. The first-order valence-electron chi connectivity index (χ1n) is 6.06. The highest BCUT2D eigenvalue weighted by Crippen LogP contribution is 2.20. The van der Waals surface area contributed by atoms with E-state index in [1.54, 1.807) is 49.4 Å². The van der Waals surface area contributed by atoms with Crippen LogP contribution >= 0.6 is 11.6 Å². The van der Waals surface area contributed by atoms with Gasteiger partial charge in [0.25, 0.3) is 5.91 Å². The number of benzene rings is 2. The lowest BCUT2D eigenvalue weighted by Crippen LogP contribution is -2.11. The van der Waals surface area contributed by atoms with Gasteiger partial charge in [-0.05, 0) is 42.5 Å². The van der Waals surface area contributed by atoms with Gasteiger partial charge in [0.1, 0.15) is 5.52 Å². The maximum Gasteiger partial charge on any atom is 0.255 e. The molecule has 1 heterocycles. The molecule has 0 aliphatic heterocycles. The Morgan fingerprint density at radius 2 is 1.95 bits per heavy atom. The number of aromatic nitrogens is 1. The van der Waals surface area contributed by atoms with E-state index in [2.05, 4.69) is 10.3 Å². The van der Waals surface area contributed by atoms with Crippen molar-refractivity contribution in [2.45, 2.75) is 6.92 Å². The summed E-state index contributed by atoms with van der Waals surface area (Å²) >= 11 is 5.79. The summed E-state index contributed by atoms with van der Waals surface area (Å²) in [7, 11) is 0. The number of carbonyl (C=O) groups is 1. The Bertz CT molecular complexity index is 778. The second-order valence-corrected chi connectivity index (χ2v) is 4.81. The van der Waals surface area contributed by atoms with Gasteiger partial charge in [-0.3, -0.25) is 4.79 Å². The Morgan fingerprint density at radius 1 is 1.20 bits per heavy atom. The van der Waals surface area contributed by atoms with Gasteiger partial charge >= 0.3 is 0 Å². The van der Waals surface area contributed by atoms with Gasteiger partial charge in [-0.15, -0.1) is 0 Å². The third-order valence-corrected chi connectivity index (χ3v) is 3.11. The van der Waals surface area contributed by atoms with Gasteiger partial charge in [-0.1, -0.05) is 11.6 Å². The summed E-state index contributed by atoms with van der Waals surface area (Å²) in [6.07, 6.45) is 0. The van der Waals surface area contributed by atoms with E-state index in [1.807, 2.05) is 0 Å². The molecule has 0 aliphatic carbocycles. The third kappa shape index (κ3) is 2.51. The zero-order valence-corrected chi connectivity index (χ0v) is 11.4. The Balaban J connectivity index is 1.84. The average molecular weight is 287 g/mol. The second kappa shape index (κ2) is 4.98. The minimum absolute atomic E-state index is 0.193. The minimum Gasteiger partial charge on any atom is -0.441 e. The number of rotatable bonds is 2. The fourth-order valence-corrected chi connectivity index (χ4v) is 2.05. The largest absolute Gasteiger partial charge is 0.441 e. The van der Waals surface area contributed by atoms with Crippen LogP contribution in [0.4, 0.5) is 5.69 Å². The van der Waals surface area contributed by atoms with Crippen LogP contribution in [-0.2, 0) is 0 Å². The Labute approximate surface area is 120 Å². The molecule has 1 N–H and O–H groups in total. The number of hydrogen-bond donors (Lipinski definition) is 1. The predicted octanol–water partition coefficient (Wildman–Crippen LogP) is 4.04. The molecule has 0 radical (unpaired) electrons. The molecule has 0 atom stereocenters. The average Bonchev–Trinajstić information content (AvgIpc) is 2.78. The van der Waals surface area contributed by atoms with Gasteiger partial charge in [-0.2, -0.15) is 0 Å². The second-order valence-electron chi connectivity index (χ2n) is 4.38. The highest BCUT2D eigenvalue weighted by atomic mass is 35.5. The first-order valence-corrected chi connectivity index (χ1v) is 6.44. The lowest BCUT2D eigenvalue weighted by atomic mass is 10.2. The summed E-state index contributed by atoms with van der Waals surface area (Å²) in [4.78, 5) is 16.3. The molecule has 20 heavy (non-hydrogen) atoms. The number of anilines is 1. The van der Waals surface area contributed by atoms with Crippen molar-refractivity contribution in [2.75, 3.05) is 5.32 Å². The zero-order valence-electron chi connectivity index (χ0n) is 10.7. The molecule has 100 valence electrons. The smallest absolute Gasteiger partial charge is 0.255 e. The first kappa shape index (κ1) is 12.7. The molecule has 2 aromatic carbocycles. The fourth-order valence-electron chi connectivity index (χ4n) is 1.92. The number of nitrogens with one attached hydrogen (secondary N) is 1. The third-order valence-electron chi connectivity index (χ3n) is 2.86. The van der Waals surface area contributed by atoms with Gasteiger partial charge < -0.3 is 9.73 Å². The number of amides is 1. The van der Waals surface area contributed by atoms with Gasteiger partial charge in [0.15, 0.2) is 11.5 Å². The van der Waals surface area contributed by atoms with Gasteiger partial charge in [0, 0.05) is 23.2 Å². The highest BCUT2D eigenvalue weighted by molar-refractivity contribution is 6.30. The van der Waals surface area contributed by atoms with Crippen molar-refractivity contribution >= 4 is 34.3 Å². The Kier molecular flexibility index (Phi) is 3.16. The molecule has 0 aliphatic rings. The van der Waals surface area contributed by atoms with Crippen LogP contribution in [0.2, 0.25) is 5.02 Å². The Hall–Kier alpha value is -2.33. The molecule has 0 bridgehead atoms. The summed E-state index contributed by atoms with van der Waals surface area (Å²) < 4.78 is 5.39. The first-order chi connectivity index (χ1) is 9.61.